The third kappa shape index (κ3) is 4.37. The fraction of sp³-hybridized carbons (Fsp3) is 0.214. The molecule has 0 unspecified atom stereocenters. The number of hydrogen-bond acceptors (Lipinski definition) is 3. The molecule has 0 aromatic heterocycles. The number of allylic oxidation sites excluding steroid dienone is 3. The molecule has 0 heterocycles. The van der Waals surface area contributed by atoms with Crippen LogP contribution in [0, 0.1) is 0 Å². The standard InChI is InChI=1S/C14H16N2O2S/c1-19-18-13-9-5-8-12(10-13)16-14(17)15-11-6-3-2-4-7-11/h3,5-10H,2,4H2,1H3,(H2,15,16,17). The second kappa shape index (κ2) is 6.89. The number of carbonyl (C=O) groups excluding carboxylic acids is 1. The molecule has 1 aromatic rings. The van der Waals surface area contributed by atoms with Crippen LogP contribution in [0.1, 0.15) is 12.8 Å². The average Bonchev–Trinajstić information content (AvgIpc) is 2.40. The zero-order valence-corrected chi connectivity index (χ0v) is 11.5. The van der Waals surface area contributed by atoms with E-state index in [0.29, 0.717) is 11.4 Å². The van der Waals surface area contributed by atoms with Gasteiger partial charge >= 0.3 is 6.03 Å². The van der Waals surface area contributed by atoms with Gasteiger partial charge in [0.25, 0.3) is 0 Å². The highest BCUT2D eigenvalue weighted by Gasteiger charge is 2.05. The maximum Gasteiger partial charge on any atom is 0.323 e. The van der Waals surface area contributed by atoms with Crippen LogP contribution in [0.2, 0.25) is 0 Å². The second-order valence-electron chi connectivity index (χ2n) is 4.00. The van der Waals surface area contributed by atoms with Gasteiger partial charge in [-0.05, 0) is 31.1 Å². The summed E-state index contributed by atoms with van der Waals surface area (Å²) in [6, 6.07) is 7.02. The molecule has 1 aromatic carbocycles. The Balaban J connectivity index is 1.93. The van der Waals surface area contributed by atoms with E-state index in [4.69, 9.17) is 4.18 Å². The van der Waals surface area contributed by atoms with E-state index in [2.05, 4.69) is 10.6 Å². The van der Waals surface area contributed by atoms with Gasteiger partial charge in [-0.15, -0.1) is 0 Å². The Kier molecular flexibility index (Phi) is 4.92. The van der Waals surface area contributed by atoms with Crippen LogP contribution in [0.4, 0.5) is 10.5 Å². The van der Waals surface area contributed by atoms with Crippen molar-refractivity contribution in [3.8, 4) is 5.75 Å². The summed E-state index contributed by atoms with van der Waals surface area (Å²) >= 11 is 1.26. The number of benzene rings is 1. The first kappa shape index (κ1) is 13.5. The Labute approximate surface area is 117 Å². The normalized spacial score (nSPS) is 13.6. The SMILES string of the molecule is CSOc1cccc(NC(=O)NC2=CCCC=C2)c1. The fourth-order valence-electron chi connectivity index (χ4n) is 1.72. The van der Waals surface area contributed by atoms with E-state index in [1.54, 1.807) is 6.07 Å². The van der Waals surface area contributed by atoms with E-state index < -0.39 is 0 Å². The molecule has 0 radical (unpaired) electrons. The van der Waals surface area contributed by atoms with Crippen LogP contribution in [-0.2, 0) is 0 Å². The predicted molar refractivity (Wildman–Crippen MR) is 79.2 cm³/mol. The quantitative estimate of drug-likeness (QED) is 0.824. The van der Waals surface area contributed by atoms with Crippen molar-refractivity contribution in [1.82, 2.24) is 5.32 Å². The second-order valence-corrected chi connectivity index (χ2v) is 4.50. The van der Waals surface area contributed by atoms with E-state index in [1.807, 2.05) is 42.7 Å². The molecule has 0 saturated heterocycles. The zero-order chi connectivity index (χ0) is 13.5. The molecule has 19 heavy (non-hydrogen) atoms. The third-order valence-electron chi connectivity index (χ3n) is 2.52. The summed E-state index contributed by atoms with van der Waals surface area (Å²) in [5.41, 5.74) is 1.53. The summed E-state index contributed by atoms with van der Waals surface area (Å²) in [4.78, 5) is 11.8. The lowest BCUT2D eigenvalue weighted by molar-refractivity contribution is 0.254. The van der Waals surface area contributed by atoms with Crippen molar-refractivity contribution in [1.29, 1.82) is 0 Å². The van der Waals surface area contributed by atoms with Gasteiger partial charge in [0.05, 0.1) is 12.0 Å². The summed E-state index contributed by atoms with van der Waals surface area (Å²) in [7, 11) is 0. The highest BCUT2D eigenvalue weighted by Crippen LogP contribution is 2.20. The van der Waals surface area contributed by atoms with Crippen LogP contribution in [0.5, 0.6) is 5.75 Å². The van der Waals surface area contributed by atoms with Crippen LogP contribution >= 0.6 is 12.0 Å². The van der Waals surface area contributed by atoms with Crippen molar-refractivity contribution in [3.05, 3.63) is 48.2 Å². The Morgan fingerprint density at radius 1 is 1.32 bits per heavy atom. The number of amides is 2. The van der Waals surface area contributed by atoms with Gasteiger partial charge in [0.2, 0.25) is 0 Å². The first-order chi connectivity index (χ1) is 9.28. The molecular weight excluding hydrogens is 260 g/mol. The Morgan fingerprint density at radius 3 is 2.95 bits per heavy atom. The largest absolute Gasteiger partial charge is 0.426 e. The Morgan fingerprint density at radius 2 is 2.21 bits per heavy atom. The van der Waals surface area contributed by atoms with Gasteiger partial charge in [-0.3, -0.25) is 0 Å². The highest BCUT2D eigenvalue weighted by molar-refractivity contribution is 7.94. The van der Waals surface area contributed by atoms with Crippen molar-refractivity contribution in [3.63, 3.8) is 0 Å². The summed E-state index contributed by atoms with van der Waals surface area (Å²) < 4.78 is 5.30. The number of nitrogens with one attached hydrogen (secondary N) is 2. The predicted octanol–water partition coefficient (Wildman–Crippen LogP) is 3.70. The molecule has 1 aliphatic carbocycles. The van der Waals surface area contributed by atoms with E-state index >= 15 is 0 Å². The Hall–Kier alpha value is -1.88. The minimum Gasteiger partial charge on any atom is -0.426 e. The molecule has 1 aliphatic rings. The maximum atomic E-state index is 11.8. The van der Waals surface area contributed by atoms with E-state index in [1.165, 1.54) is 12.0 Å². The first-order valence-electron chi connectivity index (χ1n) is 6.03. The first-order valence-corrected chi connectivity index (χ1v) is 7.18. The molecule has 2 N–H and O–H groups in total. The van der Waals surface area contributed by atoms with Gasteiger partial charge in [-0.2, -0.15) is 0 Å². The molecule has 2 rings (SSSR count). The lowest BCUT2D eigenvalue weighted by atomic mass is 10.1. The van der Waals surface area contributed by atoms with Crippen LogP contribution in [-0.4, -0.2) is 12.3 Å². The van der Waals surface area contributed by atoms with Crippen molar-refractivity contribution in [2.24, 2.45) is 0 Å². The summed E-state index contributed by atoms with van der Waals surface area (Å²) in [6.45, 7) is 0. The van der Waals surface area contributed by atoms with Crippen LogP contribution in [0.25, 0.3) is 0 Å². The van der Waals surface area contributed by atoms with E-state index in [9.17, 15) is 4.79 Å². The minimum atomic E-state index is -0.251. The molecule has 0 saturated carbocycles. The van der Waals surface area contributed by atoms with E-state index in [-0.39, 0.29) is 6.03 Å². The molecule has 5 heteroatoms. The molecule has 4 nitrogen and oxygen atoms in total. The number of carbonyl (C=O) groups is 1. The van der Waals surface area contributed by atoms with Gasteiger partial charge in [0, 0.05) is 23.7 Å². The summed E-state index contributed by atoms with van der Waals surface area (Å²) in [6.07, 6.45) is 9.80. The topological polar surface area (TPSA) is 50.4 Å². The number of hydrogen-bond donors (Lipinski definition) is 2. The van der Waals surface area contributed by atoms with Gasteiger partial charge in [0.15, 0.2) is 0 Å². The molecule has 2 amide bonds. The molecule has 0 atom stereocenters. The van der Waals surface area contributed by atoms with Gasteiger partial charge in [-0.25, -0.2) is 4.79 Å². The molecule has 100 valence electrons. The monoisotopic (exact) mass is 276 g/mol. The van der Waals surface area contributed by atoms with Crippen molar-refractivity contribution < 1.29 is 8.98 Å². The molecular formula is C14H16N2O2S. The van der Waals surface area contributed by atoms with Crippen molar-refractivity contribution in [2.45, 2.75) is 12.8 Å². The van der Waals surface area contributed by atoms with Gasteiger partial charge in [0.1, 0.15) is 5.75 Å². The van der Waals surface area contributed by atoms with Crippen LogP contribution in [0.15, 0.2) is 48.2 Å². The number of rotatable bonds is 4. The third-order valence-corrected chi connectivity index (χ3v) is 2.88. The van der Waals surface area contributed by atoms with Crippen LogP contribution < -0.4 is 14.8 Å². The smallest absolute Gasteiger partial charge is 0.323 e. The average molecular weight is 276 g/mol. The highest BCUT2D eigenvalue weighted by atomic mass is 32.2. The van der Waals surface area contributed by atoms with Crippen molar-refractivity contribution >= 4 is 23.8 Å². The number of urea groups is 1. The summed E-state index contributed by atoms with van der Waals surface area (Å²) in [5, 5.41) is 5.57. The van der Waals surface area contributed by atoms with Crippen LogP contribution in [0.3, 0.4) is 0 Å². The molecule has 0 spiro atoms. The lowest BCUT2D eigenvalue weighted by Gasteiger charge is -2.11. The molecule has 0 bridgehead atoms. The van der Waals surface area contributed by atoms with Gasteiger partial charge < -0.3 is 14.8 Å². The van der Waals surface area contributed by atoms with Gasteiger partial charge in [-0.1, -0.05) is 18.2 Å². The fourth-order valence-corrected chi connectivity index (χ4v) is 2.02. The molecule has 0 aliphatic heterocycles. The number of anilines is 1. The Bertz CT molecular complexity index is 512. The van der Waals surface area contributed by atoms with Crippen molar-refractivity contribution in [2.75, 3.05) is 11.6 Å². The maximum absolute atomic E-state index is 11.8. The zero-order valence-electron chi connectivity index (χ0n) is 10.7. The minimum absolute atomic E-state index is 0.251. The molecule has 0 fully saturated rings. The lowest BCUT2D eigenvalue weighted by Crippen LogP contribution is -2.27. The summed E-state index contributed by atoms with van der Waals surface area (Å²) in [5.74, 6) is 0.710. The van der Waals surface area contributed by atoms with E-state index in [0.717, 1.165) is 18.5 Å².